The summed E-state index contributed by atoms with van der Waals surface area (Å²) in [4.78, 5) is 34.3. The molecular weight excluding hydrogens is 278 g/mol. The number of nitrogens with one attached hydrogen (secondary N) is 1. The summed E-state index contributed by atoms with van der Waals surface area (Å²) in [6.07, 6.45) is 1.69. The van der Waals surface area contributed by atoms with Gasteiger partial charge < -0.3 is 19.9 Å². The minimum absolute atomic E-state index is 0.0575. The summed E-state index contributed by atoms with van der Waals surface area (Å²) < 4.78 is 8.99. The van der Waals surface area contributed by atoms with Crippen molar-refractivity contribution in [1.82, 2.24) is 5.32 Å². The second kappa shape index (κ2) is 9.93. The number of aliphatic hydroxyl groups excluding tert-OH is 1. The summed E-state index contributed by atoms with van der Waals surface area (Å²) >= 11 is 0. The van der Waals surface area contributed by atoms with Crippen molar-refractivity contribution >= 4 is 17.8 Å². The van der Waals surface area contributed by atoms with Crippen LogP contribution in [-0.2, 0) is 23.9 Å². The first-order chi connectivity index (χ1) is 9.81. The number of amides is 1. The van der Waals surface area contributed by atoms with Crippen molar-refractivity contribution in [2.24, 2.45) is 5.92 Å². The molecule has 0 aromatic rings. The van der Waals surface area contributed by atoms with Gasteiger partial charge in [0.15, 0.2) is 0 Å². The molecule has 0 spiro atoms. The van der Waals surface area contributed by atoms with E-state index in [-0.39, 0.29) is 18.8 Å². The molecule has 0 aliphatic heterocycles. The van der Waals surface area contributed by atoms with Crippen molar-refractivity contribution in [2.45, 2.75) is 38.8 Å². The Morgan fingerprint density at radius 3 is 2.29 bits per heavy atom. The molecule has 0 aromatic carbocycles. The van der Waals surface area contributed by atoms with E-state index >= 15 is 0 Å². The predicted octanol–water partition coefficient (Wildman–Crippen LogP) is 0.170. The Labute approximate surface area is 124 Å². The van der Waals surface area contributed by atoms with Crippen molar-refractivity contribution in [1.29, 1.82) is 0 Å². The van der Waals surface area contributed by atoms with Crippen molar-refractivity contribution in [2.75, 3.05) is 14.2 Å². The van der Waals surface area contributed by atoms with Crippen LogP contribution in [0, 0.1) is 5.92 Å². The van der Waals surface area contributed by atoms with Crippen molar-refractivity contribution in [3.05, 3.63) is 12.2 Å². The molecule has 0 heterocycles. The van der Waals surface area contributed by atoms with Gasteiger partial charge in [-0.1, -0.05) is 19.9 Å². The first kappa shape index (κ1) is 19.1. The molecule has 0 aliphatic carbocycles. The van der Waals surface area contributed by atoms with Gasteiger partial charge in [-0.25, -0.2) is 9.59 Å². The molecule has 0 rings (SSSR count). The molecule has 120 valence electrons. The van der Waals surface area contributed by atoms with E-state index in [0.717, 1.165) is 6.08 Å². The van der Waals surface area contributed by atoms with Gasteiger partial charge in [0.1, 0.15) is 12.1 Å². The van der Waals surface area contributed by atoms with Gasteiger partial charge in [0.2, 0.25) is 5.91 Å². The monoisotopic (exact) mass is 301 g/mol. The molecule has 21 heavy (non-hydrogen) atoms. The highest BCUT2D eigenvalue weighted by Gasteiger charge is 2.24. The smallest absolute Gasteiger partial charge is 0.330 e. The molecular formula is C14H23NO6. The number of rotatable bonds is 8. The molecule has 0 bridgehead atoms. The van der Waals surface area contributed by atoms with Crippen LogP contribution in [0.3, 0.4) is 0 Å². The lowest BCUT2D eigenvalue weighted by Gasteiger charge is -2.18. The first-order valence-corrected chi connectivity index (χ1v) is 6.62. The lowest BCUT2D eigenvalue weighted by molar-refractivity contribution is -0.146. The maximum absolute atomic E-state index is 11.8. The van der Waals surface area contributed by atoms with E-state index in [2.05, 4.69) is 14.8 Å². The minimum Gasteiger partial charge on any atom is -0.467 e. The zero-order chi connectivity index (χ0) is 16.4. The van der Waals surface area contributed by atoms with E-state index in [9.17, 15) is 19.5 Å². The Morgan fingerprint density at radius 1 is 1.19 bits per heavy atom. The van der Waals surface area contributed by atoms with Crippen molar-refractivity contribution in [3.8, 4) is 0 Å². The van der Waals surface area contributed by atoms with E-state index in [4.69, 9.17) is 0 Å². The van der Waals surface area contributed by atoms with Crippen LogP contribution in [0.15, 0.2) is 12.2 Å². The Bertz CT molecular complexity index is 391. The van der Waals surface area contributed by atoms with Gasteiger partial charge in [0.05, 0.1) is 14.2 Å². The van der Waals surface area contributed by atoms with E-state index in [1.165, 1.54) is 20.3 Å². The maximum atomic E-state index is 11.8. The largest absolute Gasteiger partial charge is 0.467 e. The zero-order valence-electron chi connectivity index (χ0n) is 12.8. The maximum Gasteiger partial charge on any atom is 0.330 e. The Kier molecular flexibility index (Phi) is 9.03. The van der Waals surface area contributed by atoms with Crippen molar-refractivity contribution in [3.63, 3.8) is 0 Å². The van der Waals surface area contributed by atoms with E-state index < -0.39 is 30.0 Å². The Balaban J connectivity index is 4.63. The molecule has 0 saturated carbocycles. The fraction of sp³-hybridized carbons (Fsp3) is 0.643. The number of aliphatic hydroxyl groups is 1. The number of carbonyl (C=O) groups excluding carboxylic acids is 3. The topological polar surface area (TPSA) is 102 Å². The summed E-state index contributed by atoms with van der Waals surface area (Å²) in [6.45, 7) is 3.74. The predicted molar refractivity (Wildman–Crippen MR) is 75.2 cm³/mol. The van der Waals surface area contributed by atoms with Gasteiger partial charge in [-0.15, -0.1) is 0 Å². The standard InChI is InChI=1S/C14H23NO6/c1-9(2)8-11(16)13(18)15-10(14(19)21-4)6-5-7-12(17)20-3/h5,7,9-11,16H,6,8H2,1-4H3,(H,15,18)/b7-5+/t10-,11-/m0/s1. The van der Waals surface area contributed by atoms with Gasteiger partial charge in [-0.2, -0.15) is 0 Å². The number of carbonyl (C=O) groups is 3. The molecule has 2 N–H and O–H groups in total. The lowest BCUT2D eigenvalue weighted by Crippen LogP contribution is -2.46. The molecule has 0 aliphatic rings. The quantitative estimate of drug-likeness (QED) is 0.489. The van der Waals surface area contributed by atoms with Crippen LogP contribution in [0.5, 0.6) is 0 Å². The highest BCUT2D eigenvalue weighted by molar-refractivity contribution is 5.87. The first-order valence-electron chi connectivity index (χ1n) is 6.62. The zero-order valence-corrected chi connectivity index (χ0v) is 12.8. The van der Waals surface area contributed by atoms with Crippen LogP contribution >= 0.6 is 0 Å². The number of methoxy groups -OCH3 is 2. The molecule has 0 saturated heterocycles. The Morgan fingerprint density at radius 2 is 1.81 bits per heavy atom. The lowest BCUT2D eigenvalue weighted by atomic mass is 10.0. The van der Waals surface area contributed by atoms with Crippen LogP contribution in [0.25, 0.3) is 0 Å². The molecule has 0 radical (unpaired) electrons. The number of esters is 2. The SMILES string of the molecule is COC(=O)/C=C/C[C@H](NC(=O)[C@@H](O)CC(C)C)C(=O)OC. The van der Waals surface area contributed by atoms with Crippen LogP contribution < -0.4 is 5.32 Å². The minimum atomic E-state index is -1.19. The third-order valence-corrected chi connectivity index (χ3v) is 2.63. The highest BCUT2D eigenvalue weighted by Crippen LogP contribution is 2.06. The average Bonchev–Trinajstić information content (AvgIpc) is 2.43. The normalized spacial score (nSPS) is 13.8. The fourth-order valence-corrected chi connectivity index (χ4v) is 1.55. The summed E-state index contributed by atoms with van der Waals surface area (Å²) in [7, 11) is 2.42. The van der Waals surface area contributed by atoms with Gasteiger partial charge in [0, 0.05) is 6.08 Å². The van der Waals surface area contributed by atoms with Crippen LogP contribution in [0.2, 0.25) is 0 Å². The van der Waals surface area contributed by atoms with Crippen LogP contribution in [0.1, 0.15) is 26.7 Å². The third kappa shape index (κ3) is 8.09. The van der Waals surface area contributed by atoms with Gasteiger partial charge in [-0.3, -0.25) is 4.79 Å². The van der Waals surface area contributed by atoms with E-state index in [1.54, 1.807) is 0 Å². The Hall–Kier alpha value is -1.89. The summed E-state index contributed by atoms with van der Waals surface area (Å²) in [5.74, 6) is -1.73. The molecule has 0 aromatic heterocycles. The second-order valence-electron chi connectivity index (χ2n) is 4.89. The second-order valence-corrected chi connectivity index (χ2v) is 4.89. The summed E-state index contributed by atoms with van der Waals surface area (Å²) in [6, 6.07) is -0.967. The number of ether oxygens (including phenoxy) is 2. The van der Waals surface area contributed by atoms with Gasteiger partial charge in [-0.05, 0) is 18.8 Å². The molecule has 0 fully saturated rings. The summed E-state index contributed by atoms with van der Waals surface area (Å²) in [5.41, 5.74) is 0. The molecule has 1 amide bonds. The molecule has 2 atom stereocenters. The van der Waals surface area contributed by atoms with Gasteiger partial charge in [0.25, 0.3) is 0 Å². The highest BCUT2D eigenvalue weighted by atomic mass is 16.5. The van der Waals surface area contributed by atoms with E-state index in [1.807, 2.05) is 13.8 Å². The summed E-state index contributed by atoms with van der Waals surface area (Å²) in [5, 5.41) is 12.1. The van der Waals surface area contributed by atoms with Gasteiger partial charge >= 0.3 is 11.9 Å². The van der Waals surface area contributed by atoms with Crippen molar-refractivity contribution < 1.29 is 29.0 Å². The molecule has 0 unspecified atom stereocenters. The van der Waals surface area contributed by atoms with Crippen LogP contribution in [-0.4, -0.2) is 49.3 Å². The fourth-order valence-electron chi connectivity index (χ4n) is 1.55. The average molecular weight is 301 g/mol. The van der Waals surface area contributed by atoms with Crippen LogP contribution in [0.4, 0.5) is 0 Å². The third-order valence-electron chi connectivity index (χ3n) is 2.63. The number of hydrogen-bond donors (Lipinski definition) is 2. The molecule has 7 nitrogen and oxygen atoms in total. The molecule has 7 heteroatoms. The van der Waals surface area contributed by atoms with E-state index in [0.29, 0.717) is 0 Å². The number of hydrogen-bond acceptors (Lipinski definition) is 6.